The van der Waals surface area contributed by atoms with Gasteiger partial charge in [-0.15, -0.1) is 0 Å². The highest BCUT2D eigenvalue weighted by Gasteiger charge is 2.44. The Hall–Kier alpha value is -8.22. The SMILES string of the molecule is O=P(c1ccccc1)(c1ccccc1)c1ccc([Si](c2ccc(P(=O)(c3ccccc3)c3ccccc3)cc2)(c2ccc(P(=O)(c3ccccc3)c3ccccc3)cc2)c2ccc(P(=O)(c3ccccc3)c3ccccc3)cc2)cc1. The van der Waals surface area contributed by atoms with E-state index in [0.29, 0.717) is 21.2 Å². The fraction of sp³-hybridized carbons (Fsp3) is 0. The zero-order chi connectivity index (χ0) is 55.3. The molecular formula is C72H56O4P4Si. The van der Waals surface area contributed by atoms with Crippen LogP contribution in [0.4, 0.5) is 0 Å². The molecule has 0 saturated heterocycles. The quantitative estimate of drug-likeness (QED) is 0.0550. The lowest BCUT2D eigenvalue weighted by molar-refractivity contribution is 0.591. The molecule has 81 heavy (non-hydrogen) atoms. The van der Waals surface area contributed by atoms with Gasteiger partial charge in [-0.05, 0) is 20.7 Å². The normalized spacial score (nSPS) is 12.1. The first kappa shape index (κ1) is 53.4. The summed E-state index contributed by atoms with van der Waals surface area (Å²) in [4.78, 5) is 0. The van der Waals surface area contributed by atoms with Crippen molar-refractivity contribution in [3.63, 3.8) is 0 Å². The lowest BCUT2D eigenvalue weighted by atomic mass is 10.3. The van der Waals surface area contributed by atoms with Crippen LogP contribution in [-0.2, 0) is 18.3 Å². The number of benzene rings is 12. The minimum absolute atomic E-state index is 0.692. The molecule has 0 bridgehead atoms. The van der Waals surface area contributed by atoms with Crippen LogP contribution < -0.4 is 84.4 Å². The van der Waals surface area contributed by atoms with Crippen molar-refractivity contribution in [1.29, 1.82) is 0 Å². The Morgan fingerprint density at radius 2 is 0.259 bits per heavy atom. The van der Waals surface area contributed by atoms with Gasteiger partial charge >= 0.3 is 0 Å². The lowest BCUT2D eigenvalue weighted by Gasteiger charge is -2.35. The van der Waals surface area contributed by atoms with Crippen molar-refractivity contribution >= 4 is 121 Å². The molecule has 0 aromatic heterocycles. The standard InChI is InChI=1S/C72H56O4P4Si/c73-77(57-25-9-1-10-26-57,58-27-11-2-12-28-58)65-41-49-69(50-42-65)81(70-51-43-66(44-52-70)78(74,59-29-13-3-14-30-59)60-31-15-4-16-32-60,71-53-45-67(46-54-71)79(75,61-33-17-5-18-34-61)62-35-19-6-20-36-62)72-55-47-68(48-56-72)80(76,63-37-21-7-22-38-63)64-39-23-8-24-40-64/h1-56H. The highest BCUT2D eigenvalue weighted by molar-refractivity contribution is 7.86. The largest absolute Gasteiger partial charge is 0.309 e. The Kier molecular flexibility index (Phi) is 15.0. The van der Waals surface area contributed by atoms with Gasteiger partial charge in [0, 0.05) is 63.7 Å². The highest BCUT2D eigenvalue weighted by atomic mass is 31.2. The maximum atomic E-state index is 16.0. The van der Waals surface area contributed by atoms with Gasteiger partial charge in [0.15, 0.2) is 36.6 Å². The van der Waals surface area contributed by atoms with E-state index in [4.69, 9.17) is 0 Å². The van der Waals surface area contributed by atoms with E-state index >= 15 is 18.3 Å². The summed E-state index contributed by atoms with van der Waals surface area (Å²) in [5.74, 6) is 0. The van der Waals surface area contributed by atoms with Crippen molar-refractivity contribution in [2.75, 3.05) is 0 Å². The van der Waals surface area contributed by atoms with Gasteiger partial charge < -0.3 is 18.3 Å². The Morgan fingerprint density at radius 1 is 0.148 bits per heavy atom. The first-order chi connectivity index (χ1) is 39.7. The van der Waals surface area contributed by atoms with E-state index in [0.717, 1.165) is 63.2 Å². The van der Waals surface area contributed by atoms with Gasteiger partial charge in [0.2, 0.25) is 0 Å². The number of rotatable bonds is 16. The Balaban J connectivity index is 1.13. The van der Waals surface area contributed by atoms with Crippen molar-refractivity contribution in [2.24, 2.45) is 0 Å². The monoisotopic (exact) mass is 1140 g/mol. The number of hydrogen-bond donors (Lipinski definition) is 0. The fourth-order valence-electron chi connectivity index (χ4n) is 11.6. The zero-order valence-electron chi connectivity index (χ0n) is 44.3. The number of hydrogen-bond acceptors (Lipinski definition) is 4. The van der Waals surface area contributed by atoms with Crippen LogP contribution in [0.5, 0.6) is 0 Å². The smallest absolute Gasteiger partial charge is 0.179 e. The summed E-state index contributed by atoms with van der Waals surface area (Å²) in [5, 5.41) is 12.6. The van der Waals surface area contributed by atoms with Gasteiger partial charge in [-0.1, -0.05) is 340 Å². The first-order valence-corrected chi connectivity index (χ1v) is 35.8. The lowest BCUT2D eigenvalue weighted by Crippen LogP contribution is -2.75. The van der Waals surface area contributed by atoms with E-state index in [-0.39, 0.29) is 0 Å². The first-order valence-electron chi connectivity index (χ1n) is 27.0. The zero-order valence-corrected chi connectivity index (χ0v) is 48.8. The van der Waals surface area contributed by atoms with Crippen LogP contribution in [0.2, 0.25) is 0 Å². The third-order valence-corrected chi connectivity index (χ3v) is 32.7. The molecule has 0 atom stereocenters. The third-order valence-electron chi connectivity index (χ3n) is 15.6. The van der Waals surface area contributed by atoms with Gasteiger partial charge in [-0.2, -0.15) is 0 Å². The molecule has 0 radical (unpaired) electrons. The third kappa shape index (κ3) is 9.50. The molecule has 0 aliphatic heterocycles. The summed E-state index contributed by atoms with van der Waals surface area (Å²) >= 11 is 0. The van der Waals surface area contributed by atoms with Crippen LogP contribution >= 0.6 is 28.6 Å². The van der Waals surface area contributed by atoms with Crippen LogP contribution in [0.25, 0.3) is 0 Å². The predicted molar refractivity (Wildman–Crippen MR) is 348 cm³/mol. The fourth-order valence-corrected chi connectivity index (χ4v) is 26.8. The summed E-state index contributed by atoms with van der Waals surface area (Å²) in [6, 6.07) is 111. The van der Waals surface area contributed by atoms with Gasteiger partial charge in [-0.25, -0.2) is 0 Å². The molecule has 0 amide bonds. The summed E-state index contributed by atoms with van der Waals surface area (Å²) in [5.41, 5.74) is 0. The minimum Gasteiger partial charge on any atom is -0.309 e. The molecule has 0 heterocycles. The Bertz CT molecular complexity index is 3530. The topological polar surface area (TPSA) is 68.3 Å². The minimum atomic E-state index is -3.62. The van der Waals surface area contributed by atoms with Crippen LogP contribution in [0.3, 0.4) is 0 Å². The molecule has 0 spiro atoms. The van der Waals surface area contributed by atoms with Crippen molar-refractivity contribution in [2.45, 2.75) is 0 Å². The van der Waals surface area contributed by atoms with E-state index in [9.17, 15) is 0 Å². The second-order valence-corrected chi connectivity index (χ2v) is 34.9. The van der Waals surface area contributed by atoms with Crippen LogP contribution in [0.1, 0.15) is 0 Å². The van der Waals surface area contributed by atoms with Crippen molar-refractivity contribution < 1.29 is 18.3 Å². The maximum absolute atomic E-state index is 16.0. The average molecular weight is 1140 g/mol. The molecule has 12 aromatic rings. The van der Waals surface area contributed by atoms with Gasteiger partial charge in [0.05, 0.1) is 0 Å². The molecule has 0 unspecified atom stereocenters. The summed E-state index contributed by atoms with van der Waals surface area (Å²) in [6.45, 7) is 0. The molecule has 12 rings (SSSR count). The Labute approximate surface area is 476 Å². The van der Waals surface area contributed by atoms with Gasteiger partial charge in [0.25, 0.3) is 0 Å². The summed E-state index contributed by atoms with van der Waals surface area (Å²) in [6.07, 6.45) is 0. The molecule has 12 aromatic carbocycles. The van der Waals surface area contributed by atoms with E-state index < -0.39 is 36.6 Å². The average Bonchev–Trinajstić information content (AvgIpc) is 3.66. The molecular weight excluding hydrogens is 1080 g/mol. The predicted octanol–water partition coefficient (Wildman–Crippen LogP) is 9.62. The molecule has 0 saturated carbocycles. The second kappa shape index (κ2) is 22.7. The van der Waals surface area contributed by atoms with Crippen LogP contribution in [0, 0.1) is 0 Å². The molecule has 4 nitrogen and oxygen atoms in total. The van der Waals surface area contributed by atoms with Gasteiger partial charge in [0.1, 0.15) is 0 Å². The molecule has 392 valence electrons. The highest BCUT2D eigenvalue weighted by Crippen LogP contribution is 2.45. The summed E-state index contributed by atoms with van der Waals surface area (Å²) < 4.78 is 64.1. The van der Waals surface area contributed by atoms with E-state index in [1.165, 1.54) is 0 Å². The molecule has 9 heteroatoms. The molecule has 0 aliphatic rings. The van der Waals surface area contributed by atoms with Crippen molar-refractivity contribution in [1.82, 2.24) is 0 Å². The van der Waals surface area contributed by atoms with Gasteiger partial charge in [-0.3, -0.25) is 0 Å². The van der Waals surface area contributed by atoms with Crippen molar-refractivity contribution in [3.8, 4) is 0 Å². The molecule has 0 N–H and O–H groups in total. The van der Waals surface area contributed by atoms with E-state index in [1.54, 1.807) is 0 Å². The van der Waals surface area contributed by atoms with Crippen molar-refractivity contribution in [3.05, 3.63) is 340 Å². The Morgan fingerprint density at radius 3 is 0.383 bits per heavy atom. The maximum Gasteiger partial charge on any atom is 0.179 e. The van der Waals surface area contributed by atoms with E-state index in [2.05, 4.69) is 48.5 Å². The summed E-state index contributed by atoms with van der Waals surface area (Å²) in [7, 11) is -17.2. The molecule has 0 fully saturated rings. The second-order valence-electron chi connectivity index (χ2n) is 20.1. The molecule has 0 aliphatic carbocycles. The van der Waals surface area contributed by atoms with Crippen LogP contribution in [-0.4, -0.2) is 8.07 Å². The van der Waals surface area contributed by atoms with E-state index in [1.807, 2.05) is 291 Å². The van der Waals surface area contributed by atoms with Crippen LogP contribution in [0.15, 0.2) is 340 Å².